The molecule has 4 nitrogen and oxygen atoms in total. The van der Waals surface area contributed by atoms with E-state index in [-0.39, 0.29) is 5.91 Å². The van der Waals surface area contributed by atoms with Crippen LogP contribution in [0.5, 0.6) is 11.5 Å². The summed E-state index contributed by atoms with van der Waals surface area (Å²) in [5.74, 6) is 1.26. The van der Waals surface area contributed by atoms with Gasteiger partial charge in [-0.2, -0.15) is 0 Å². The molecule has 2 aromatic carbocycles. The molecule has 0 amide bonds. The Morgan fingerprint density at radius 1 is 1.04 bits per heavy atom. The van der Waals surface area contributed by atoms with E-state index in [1.165, 1.54) is 6.92 Å². The van der Waals surface area contributed by atoms with Crippen molar-refractivity contribution in [3.63, 3.8) is 0 Å². The lowest BCUT2D eigenvalue weighted by Gasteiger charge is -2.12. The molecule has 0 N–H and O–H groups in total. The molecule has 0 saturated heterocycles. The summed E-state index contributed by atoms with van der Waals surface area (Å²) in [4.78, 5) is 12.2. The van der Waals surface area contributed by atoms with Crippen molar-refractivity contribution in [2.24, 2.45) is 0 Å². The number of benzene rings is 2. The normalized spacial score (nSPS) is 10.8. The van der Waals surface area contributed by atoms with Crippen molar-refractivity contribution in [1.82, 2.24) is 4.57 Å². The van der Waals surface area contributed by atoms with E-state index in [0.29, 0.717) is 16.5 Å². The average molecular weight is 330 g/mol. The quantitative estimate of drug-likeness (QED) is 0.703. The SMILES string of the molecule is COc1ccc(-c2cc3cc(Cl)ccc3n2C(C)=O)c(OC)c1. The van der Waals surface area contributed by atoms with Crippen LogP contribution in [0.1, 0.15) is 11.7 Å². The van der Waals surface area contributed by atoms with E-state index in [1.807, 2.05) is 30.3 Å². The van der Waals surface area contributed by atoms with Crippen LogP contribution in [0, 0.1) is 0 Å². The first-order valence-corrected chi connectivity index (χ1v) is 7.47. The van der Waals surface area contributed by atoms with Crippen LogP contribution in [0.2, 0.25) is 5.02 Å². The number of halogens is 1. The predicted octanol–water partition coefficient (Wildman–Crippen LogP) is 4.64. The first-order chi connectivity index (χ1) is 11.0. The maximum atomic E-state index is 12.2. The molecule has 5 heteroatoms. The number of fused-ring (bicyclic) bond motifs is 1. The first-order valence-electron chi connectivity index (χ1n) is 7.09. The summed E-state index contributed by atoms with van der Waals surface area (Å²) in [6.07, 6.45) is 0. The molecule has 1 aromatic heterocycles. The van der Waals surface area contributed by atoms with Crippen LogP contribution in [0.15, 0.2) is 42.5 Å². The summed E-state index contributed by atoms with van der Waals surface area (Å²) < 4.78 is 12.4. The number of hydrogen-bond donors (Lipinski definition) is 0. The molecular formula is C18H16ClNO3. The van der Waals surface area contributed by atoms with E-state index < -0.39 is 0 Å². The molecule has 0 aliphatic rings. The summed E-state index contributed by atoms with van der Waals surface area (Å²) in [5, 5.41) is 1.53. The van der Waals surface area contributed by atoms with Gasteiger partial charge in [-0.05, 0) is 36.4 Å². The van der Waals surface area contributed by atoms with Gasteiger partial charge in [0.1, 0.15) is 11.5 Å². The van der Waals surface area contributed by atoms with Gasteiger partial charge in [0.15, 0.2) is 0 Å². The van der Waals surface area contributed by atoms with Crippen molar-refractivity contribution >= 4 is 28.4 Å². The van der Waals surface area contributed by atoms with Crippen molar-refractivity contribution in [1.29, 1.82) is 0 Å². The largest absolute Gasteiger partial charge is 0.497 e. The molecule has 0 aliphatic heterocycles. The van der Waals surface area contributed by atoms with Crippen LogP contribution in [0.3, 0.4) is 0 Å². The summed E-state index contributed by atoms with van der Waals surface area (Å²) in [7, 11) is 3.19. The number of nitrogens with zero attached hydrogens (tertiary/aromatic N) is 1. The zero-order valence-electron chi connectivity index (χ0n) is 13.1. The number of hydrogen-bond acceptors (Lipinski definition) is 3. The molecule has 118 valence electrons. The molecule has 0 radical (unpaired) electrons. The summed E-state index contributed by atoms with van der Waals surface area (Å²) >= 11 is 6.07. The highest BCUT2D eigenvalue weighted by molar-refractivity contribution is 6.31. The highest BCUT2D eigenvalue weighted by Gasteiger charge is 2.17. The highest BCUT2D eigenvalue weighted by Crippen LogP contribution is 2.37. The lowest BCUT2D eigenvalue weighted by Crippen LogP contribution is -2.07. The van der Waals surface area contributed by atoms with Gasteiger partial charge in [-0.15, -0.1) is 0 Å². The van der Waals surface area contributed by atoms with E-state index in [4.69, 9.17) is 21.1 Å². The van der Waals surface area contributed by atoms with Crippen molar-refractivity contribution < 1.29 is 14.3 Å². The Bertz CT molecular complexity index is 899. The van der Waals surface area contributed by atoms with Crippen LogP contribution in [-0.2, 0) is 0 Å². The number of rotatable bonds is 3. The van der Waals surface area contributed by atoms with Crippen molar-refractivity contribution in [3.8, 4) is 22.8 Å². The number of carbonyl (C=O) groups is 1. The van der Waals surface area contributed by atoms with E-state index >= 15 is 0 Å². The van der Waals surface area contributed by atoms with Gasteiger partial charge in [0.2, 0.25) is 5.91 Å². The van der Waals surface area contributed by atoms with Gasteiger partial charge in [-0.25, -0.2) is 0 Å². The lowest BCUT2D eigenvalue weighted by molar-refractivity contribution is 0.0943. The Morgan fingerprint density at radius 3 is 2.48 bits per heavy atom. The smallest absolute Gasteiger partial charge is 0.228 e. The van der Waals surface area contributed by atoms with Gasteiger partial charge in [-0.1, -0.05) is 11.6 Å². The Balaban J connectivity index is 2.31. The topological polar surface area (TPSA) is 40.5 Å². The minimum atomic E-state index is -0.0739. The standard InChI is InChI=1S/C18H16ClNO3/c1-11(21)20-16-7-4-13(19)8-12(16)9-17(20)15-6-5-14(22-2)10-18(15)23-3/h4-10H,1-3H3. The minimum Gasteiger partial charge on any atom is -0.497 e. The molecule has 3 aromatic rings. The third kappa shape index (κ3) is 2.66. The molecule has 0 atom stereocenters. The van der Waals surface area contributed by atoms with Crippen molar-refractivity contribution in [3.05, 3.63) is 47.5 Å². The molecular weight excluding hydrogens is 314 g/mol. The summed E-state index contributed by atoms with van der Waals surface area (Å²) in [6, 6.07) is 12.9. The molecule has 3 rings (SSSR count). The second-order valence-corrected chi connectivity index (χ2v) is 5.59. The Kier molecular flexibility index (Phi) is 4.01. The van der Waals surface area contributed by atoms with E-state index in [1.54, 1.807) is 30.9 Å². The third-order valence-electron chi connectivity index (χ3n) is 3.76. The fourth-order valence-electron chi connectivity index (χ4n) is 2.73. The predicted molar refractivity (Wildman–Crippen MR) is 91.8 cm³/mol. The van der Waals surface area contributed by atoms with Crippen LogP contribution in [0.4, 0.5) is 0 Å². The van der Waals surface area contributed by atoms with Gasteiger partial charge in [-0.3, -0.25) is 9.36 Å². The van der Waals surface area contributed by atoms with Gasteiger partial charge in [0, 0.05) is 29.0 Å². The molecule has 1 heterocycles. The average Bonchev–Trinajstić information content (AvgIpc) is 2.92. The van der Waals surface area contributed by atoms with Crippen LogP contribution in [-0.4, -0.2) is 24.7 Å². The lowest BCUT2D eigenvalue weighted by atomic mass is 10.1. The number of carbonyl (C=O) groups excluding carboxylic acids is 1. The molecule has 0 fully saturated rings. The zero-order chi connectivity index (χ0) is 16.6. The van der Waals surface area contributed by atoms with Crippen LogP contribution >= 0.6 is 11.6 Å². The minimum absolute atomic E-state index is 0.0739. The number of methoxy groups -OCH3 is 2. The second kappa shape index (κ2) is 5.97. The fourth-order valence-corrected chi connectivity index (χ4v) is 2.91. The van der Waals surface area contributed by atoms with Gasteiger partial charge in [0.25, 0.3) is 0 Å². The third-order valence-corrected chi connectivity index (χ3v) is 4.00. The first kappa shape index (κ1) is 15.4. The second-order valence-electron chi connectivity index (χ2n) is 5.15. The number of ether oxygens (including phenoxy) is 2. The summed E-state index contributed by atoms with van der Waals surface area (Å²) in [5.41, 5.74) is 2.39. The Morgan fingerprint density at radius 2 is 1.83 bits per heavy atom. The molecule has 0 saturated carbocycles. The Hall–Kier alpha value is -2.46. The van der Waals surface area contributed by atoms with Gasteiger partial charge < -0.3 is 9.47 Å². The monoisotopic (exact) mass is 329 g/mol. The van der Waals surface area contributed by atoms with E-state index in [0.717, 1.165) is 22.2 Å². The number of aromatic nitrogens is 1. The van der Waals surface area contributed by atoms with Gasteiger partial charge >= 0.3 is 0 Å². The van der Waals surface area contributed by atoms with Gasteiger partial charge in [0.05, 0.1) is 25.4 Å². The summed E-state index contributed by atoms with van der Waals surface area (Å²) in [6.45, 7) is 1.54. The van der Waals surface area contributed by atoms with E-state index in [9.17, 15) is 4.79 Å². The molecule has 0 spiro atoms. The van der Waals surface area contributed by atoms with E-state index in [2.05, 4.69) is 0 Å². The van der Waals surface area contributed by atoms with Crippen LogP contribution < -0.4 is 9.47 Å². The Labute approximate surface area is 139 Å². The fraction of sp³-hybridized carbons (Fsp3) is 0.167. The highest BCUT2D eigenvalue weighted by atomic mass is 35.5. The molecule has 0 unspecified atom stereocenters. The molecule has 0 aliphatic carbocycles. The maximum Gasteiger partial charge on any atom is 0.228 e. The maximum absolute atomic E-state index is 12.2. The van der Waals surface area contributed by atoms with Crippen LogP contribution in [0.25, 0.3) is 22.2 Å². The molecule has 23 heavy (non-hydrogen) atoms. The molecule has 0 bridgehead atoms. The van der Waals surface area contributed by atoms with Crippen molar-refractivity contribution in [2.75, 3.05) is 14.2 Å². The zero-order valence-corrected chi connectivity index (χ0v) is 13.8. The van der Waals surface area contributed by atoms with Crippen molar-refractivity contribution in [2.45, 2.75) is 6.92 Å².